The first-order valence-electron chi connectivity index (χ1n) is 6.90. The van der Waals surface area contributed by atoms with Crippen molar-refractivity contribution in [3.8, 4) is 0 Å². The highest BCUT2D eigenvalue weighted by atomic mass is 16.6. The van der Waals surface area contributed by atoms with Crippen molar-refractivity contribution in [2.45, 2.75) is 59.0 Å². The Morgan fingerprint density at radius 2 is 1.32 bits per heavy atom. The van der Waals surface area contributed by atoms with E-state index in [2.05, 4.69) is 0 Å². The molecule has 22 heavy (non-hydrogen) atoms. The molecule has 2 N–H and O–H groups in total. The Labute approximate surface area is 129 Å². The number of esters is 3. The Morgan fingerprint density at radius 3 is 1.68 bits per heavy atom. The summed E-state index contributed by atoms with van der Waals surface area (Å²) in [5.74, 6) is -2.45. The molecule has 0 fully saturated rings. The van der Waals surface area contributed by atoms with E-state index in [4.69, 9.17) is 14.2 Å². The van der Waals surface area contributed by atoms with Gasteiger partial charge in [-0.3, -0.25) is 14.4 Å². The first-order valence-corrected chi connectivity index (χ1v) is 6.90. The molecule has 0 aromatic carbocycles. The molecule has 0 rings (SSSR count). The maximum absolute atomic E-state index is 11.3. The summed E-state index contributed by atoms with van der Waals surface area (Å²) in [6.45, 7) is 6.32. The van der Waals surface area contributed by atoms with E-state index in [9.17, 15) is 24.6 Å². The molecular weight excluding hydrogens is 296 g/mol. The van der Waals surface area contributed by atoms with Gasteiger partial charge in [0.2, 0.25) is 0 Å². The quantitative estimate of drug-likeness (QED) is 0.466. The minimum Gasteiger partial charge on any atom is -0.465 e. The van der Waals surface area contributed by atoms with Crippen LogP contribution in [0.25, 0.3) is 0 Å². The average molecular weight is 320 g/mol. The van der Waals surface area contributed by atoms with Crippen molar-refractivity contribution in [1.29, 1.82) is 0 Å². The molecular formula is C14H24O8. The van der Waals surface area contributed by atoms with Crippen LogP contribution < -0.4 is 0 Å². The number of ether oxygens (including phenoxy) is 3. The third kappa shape index (κ3) is 7.37. The van der Waals surface area contributed by atoms with Crippen LogP contribution in [0.5, 0.6) is 0 Å². The average Bonchev–Trinajstić information content (AvgIpc) is 2.38. The van der Waals surface area contributed by atoms with Gasteiger partial charge in [-0.05, 0) is 6.92 Å². The number of aliphatic hydroxyl groups is 2. The van der Waals surface area contributed by atoms with Gasteiger partial charge < -0.3 is 24.4 Å². The van der Waals surface area contributed by atoms with Crippen molar-refractivity contribution in [3.63, 3.8) is 0 Å². The van der Waals surface area contributed by atoms with Gasteiger partial charge in [0.1, 0.15) is 12.2 Å². The number of aliphatic hydroxyl groups excluding tert-OH is 2. The van der Waals surface area contributed by atoms with Gasteiger partial charge in [0, 0.05) is 26.7 Å². The molecule has 0 aliphatic carbocycles. The first-order chi connectivity index (χ1) is 10.1. The molecule has 8 heteroatoms. The second kappa shape index (κ2) is 9.37. The summed E-state index contributed by atoms with van der Waals surface area (Å²) in [4.78, 5) is 33.4. The van der Waals surface area contributed by atoms with E-state index in [-0.39, 0.29) is 6.61 Å². The molecule has 0 amide bonds. The predicted octanol–water partition coefficient (Wildman–Crippen LogP) is -0.209. The van der Waals surface area contributed by atoms with Crippen LogP contribution in [0, 0.1) is 5.92 Å². The van der Waals surface area contributed by atoms with Crippen molar-refractivity contribution in [3.05, 3.63) is 0 Å². The lowest BCUT2D eigenvalue weighted by Gasteiger charge is -2.34. The second-order valence-electron chi connectivity index (χ2n) is 5.16. The van der Waals surface area contributed by atoms with E-state index in [1.165, 1.54) is 13.8 Å². The van der Waals surface area contributed by atoms with Crippen LogP contribution in [0.15, 0.2) is 0 Å². The van der Waals surface area contributed by atoms with Gasteiger partial charge in [-0.1, -0.05) is 6.92 Å². The topological polar surface area (TPSA) is 119 Å². The van der Waals surface area contributed by atoms with E-state index < -0.39 is 48.2 Å². The summed E-state index contributed by atoms with van der Waals surface area (Å²) < 4.78 is 14.9. The molecule has 0 aliphatic rings. The molecule has 0 aromatic heterocycles. The monoisotopic (exact) mass is 320 g/mol. The molecule has 5 atom stereocenters. The lowest BCUT2D eigenvalue weighted by atomic mass is 9.94. The summed E-state index contributed by atoms with van der Waals surface area (Å²) in [7, 11) is 0. The summed E-state index contributed by atoms with van der Waals surface area (Å²) >= 11 is 0. The lowest BCUT2D eigenvalue weighted by Crippen LogP contribution is -2.50. The number of hydrogen-bond acceptors (Lipinski definition) is 8. The van der Waals surface area contributed by atoms with Crippen molar-refractivity contribution in [2.75, 3.05) is 6.61 Å². The third-order valence-corrected chi connectivity index (χ3v) is 2.87. The van der Waals surface area contributed by atoms with E-state index in [0.29, 0.717) is 0 Å². The van der Waals surface area contributed by atoms with Crippen molar-refractivity contribution in [2.24, 2.45) is 5.92 Å². The van der Waals surface area contributed by atoms with Crippen LogP contribution in [0.3, 0.4) is 0 Å². The minimum atomic E-state index is -1.46. The Balaban J connectivity index is 5.30. The molecule has 0 unspecified atom stereocenters. The van der Waals surface area contributed by atoms with Gasteiger partial charge in [0.15, 0.2) is 6.10 Å². The molecule has 0 radical (unpaired) electrons. The molecule has 0 saturated carbocycles. The van der Waals surface area contributed by atoms with Crippen molar-refractivity contribution in [1.82, 2.24) is 0 Å². The maximum atomic E-state index is 11.3. The van der Waals surface area contributed by atoms with Gasteiger partial charge >= 0.3 is 17.9 Å². The van der Waals surface area contributed by atoms with E-state index in [0.717, 1.165) is 13.8 Å². The number of rotatable bonds is 8. The normalized spacial score (nSPS) is 17.6. The Morgan fingerprint density at radius 1 is 0.864 bits per heavy atom. The van der Waals surface area contributed by atoms with Gasteiger partial charge in [-0.2, -0.15) is 0 Å². The van der Waals surface area contributed by atoms with Gasteiger partial charge in [0.05, 0.1) is 12.7 Å². The molecule has 8 nitrogen and oxygen atoms in total. The lowest BCUT2D eigenvalue weighted by molar-refractivity contribution is -0.188. The first kappa shape index (κ1) is 20.3. The standard InChI is InChI=1S/C14H24O8/c1-7(6-20-9(3)16)13(21-10(4)17)14(22-11(5)18)12(19)8(2)15/h7-8,12-15,19H,6H2,1-5H3/t7-,8-,12+,13+,14-/m1/s1. The van der Waals surface area contributed by atoms with Crippen molar-refractivity contribution < 1.29 is 38.8 Å². The van der Waals surface area contributed by atoms with Crippen LogP contribution >= 0.6 is 0 Å². The zero-order chi connectivity index (χ0) is 17.4. The number of carbonyl (C=O) groups excluding carboxylic acids is 3. The van der Waals surface area contributed by atoms with Crippen LogP contribution in [-0.4, -0.2) is 59.1 Å². The van der Waals surface area contributed by atoms with E-state index in [1.54, 1.807) is 6.92 Å². The predicted molar refractivity (Wildman–Crippen MR) is 74.6 cm³/mol. The number of hydrogen-bond donors (Lipinski definition) is 2. The van der Waals surface area contributed by atoms with Gasteiger partial charge in [0.25, 0.3) is 0 Å². The highest BCUT2D eigenvalue weighted by Gasteiger charge is 2.39. The van der Waals surface area contributed by atoms with Gasteiger partial charge in [-0.15, -0.1) is 0 Å². The molecule has 0 bridgehead atoms. The molecule has 0 aliphatic heterocycles. The maximum Gasteiger partial charge on any atom is 0.303 e. The van der Waals surface area contributed by atoms with E-state index >= 15 is 0 Å². The second-order valence-corrected chi connectivity index (χ2v) is 5.16. The smallest absolute Gasteiger partial charge is 0.303 e. The van der Waals surface area contributed by atoms with Gasteiger partial charge in [-0.25, -0.2) is 0 Å². The largest absolute Gasteiger partial charge is 0.465 e. The summed E-state index contributed by atoms with van der Waals surface area (Å²) in [5.41, 5.74) is 0. The summed E-state index contributed by atoms with van der Waals surface area (Å²) in [6.07, 6.45) is -5.05. The highest BCUT2D eigenvalue weighted by molar-refractivity contribution is 5.67. The zero-order valence-electron chi connectivity index (χ0n) is 13.4. The molecule has 0 aromatic rings. The fraction of sp³-hybridized carbons (Fsp3) is 0.786. The SMILES string of the molecule is CC(=O)OC[C@@H](C)[C@H](OC(C)=O)[C@H](OC(C)=O)[C@@H](O)[C@@H](C)O. The molecule has 0 heterocycles. The van der Waals surface area contributed by atoms with Crippen LogP contribution in [0.2, 0.25) is 0 Å². The molecule has 0 saturated heterocycles. The fourth-order valence-corrected chi connectivity index (χ4v) is 1.84. The Kier molecular flexibility index (Phi) is 8.66. The van der Waals surface area contributed by atoms with Crippen LogP contribution in [-0.2, 0) is 28.6 Å². The Hall–Kier alpha value is -1.67. The summed E-state index contributed by atoms with van der Waals surface area (Å²) in [5, 5.41) is 19.5. The highest BCUT2D eigenvalue weighted by Crippen LogP contribution is 2.21. The third-order valence-electron chi connectivity index (χ3n) is 2.87. The minimum absolute atomic E-state index is 0.0996. The van der Waals surface area contributed by atoms with Crippen LogP contribution in [0.4, 0.5) is 0 Å². The van der Waals surface area contributed by atoms with E-state index in [1.807, 2.05) is 0 Å². The molecule has 128 valence electrons. The Bertz CT molecular complexity index is 392. The van der Waals surface area contributed by atoms with Crippen molar-refractivity contribution >= 4 is 17.9 Å². The number of carbonyl (C=O) groups is 3. The fourth-order valence-electron chi connectivity index (χ4n) is 1.84. The summed E-state index contributed by atoms with van der Waals surface area (Å²) in [6, 6.07) is 0. The zero-order valence-corrected chi connectivity index (χ0v) is 13.4. The molecule has 0 spiro atoms. The van der Waals surface area contributed by atoms with Crippen LogP contribution in [0.1, 0.15) is 34.6 Å².